The molecule has 0 N–H and O–H groups in total. The number of carbonyl (C=O) groups is 1. The van der Waals surface area contributed by atoms with Gasteiger partial charge in [-0.25, -0.2) is 8.78 Å². The summed E-state index contributed by atoms with van der Waals surface area (Å²) in [6.07, 6.45) is 0. The first-order chi connectivity index (χ1) is 11.1. The number of hydrogen-bond donors (Lipinski definition) is 0. The summed E-state index contributed by atoms with van der Waals surface area (Å²) in [7, 11) is 0. The molecular formula is C16H17F2N3O2. The van der Waals surface area contributed by atoms with Gasteiger partial charge in [-0.1, -0.05) is 12.1 Å². The van der Waals surface area contributed by atoms with Crippen LogP contribution >= 0.6 is 0 Å². The molecule has 0 unspecified atom stereocenters. The fraction of sp³-hybridized carbons (Fsp3) is 0.375. The van der Waals surface area contributed by atoms with Gasteiger partial charge in [0.25, 0.3) is 5.91 Å². The second-order valence-corrected chi connectivity index (χ2v) is 5.43. The number of hydrogen-bond acceptors (Lipinski definition) is 4. The molecule has 1 aromatic carbocycles. The number of rotatable bonds is 3. The van der Waals surface area contributed by atoms with E-state index in [0.29, 0.717) is 18.7 Å². The molecule has 0 radical (unpaired) electrons. The van der Waals surface area contributed by atoms with Crippen LogP contribution in [0.2, 0.25) is 0 Å². The fourth-order valence-electron chi connectivity index (χ4n) is 2.59. The van der Waals surface area contributed by atoms with Crippen LogP contribution in [0.4, 0.5) is 8.78 Å². The smallest absolute Gasteiger partial charge is 0.276 e. The summed E-state index contributed by atoms with van der Waals surface area (Å²) >= 11 is 0. The lowest BCUT2D eigenvalue weighted by Crippen LogP contribution is -2.48. The SMILES string of the molecule is CCN1CCN(C(=O)c2cc(-c3ccc(F)c(F)c3)on2)CC1. The first-order valence-corrected chi connectivity index (χ1v) is 7.52. The molecule has 0 atom stereocenters. The van der Waals surface area contributed by atoms with Crippen LogP contribution in [0, 0.1) is 11.6 Å². The predicted octanol–water partition coefficient (Wildman–Crippen LogP) is 2.40. The number of halogens is 2. The molecule has 1 saturated heterocycles. The quantitative estimate of drug-likeness (QED) is 0.871. The van der Waals surface area contributed by atoms with Gasteiger partial charge in [-0.3, -0.25) is 4.79 Å². The normalized spacial score (nSPS) is 15.9. The Bertz CT molecular complexity index is 709. The van der Waals surface area contributed by atoms with E-state index in [1.54, 1.807) is 4.90 Å². The predicted molar refractivity (Wildman–Crippen MR) is 79.9 cm³/mol. The highest BCUT2D eigenvalue weighted by Gasteiger charge is 2.24. The summed E-state index contributed by atoms with van der Waals surface area (Å²) in [4.78, 5) is 16.4. The molecule has 7 heteroatoms. The van der Waals surface area contributed by atoms with Gasteiger partial charge >= 0.3 is 0 Å². The van der Waals surface area contributed by atoms with Crippen LogP contribution < -0.4 is 0 Å². The summed E-state index contributed by atoms with van der Waals surface area (Å²) in [5.74, 6) is -1.88. The van der Waals surface area contributed by atoms with Gasteiger partial charge in [-0.2, -0.15) is 0 Å². The van der Waals surface area contributed by atoms with Crippen LogP contribution in [0.25, 0.3) is 11.3 Å². The van der Waals surface area contributed by atoms with Crippen molar-refractivity contribution >= 4 is 5.91 Å². The van der Waals surface area contributed by atoms with Gasteiger partial charge in [-0.05, 0) is 24.7 Å². The molecule has 1 aliphatic rings. The van der Waals surface area contributed by atoms with Gasteiger partial charge in [0.15, 0.2) is 23.1 Å². The Balaban J connectivity index is 1.74. The zero-order valence-corrected chi connectivity index (χ0v) is 12.8. The van der Waals surface area contributed by atoms with Crippen molar-refractivity contribution in [2.75, 3.05) is 32.7 Å². The molecule has 23 heavy (non-hydrogen) atoms. The molecule has 0 saturated carbocycles. The Hall–Kier alpha value is -2.28. The third-order valence-corrected chi connectivity index (χ3v) is 4.04. The standard InChI is InChI=1S/C16H17F2N3O2/c1-2-20-5-7-21(8-6-20)16(22)14-10-15(23-19-14)11-3-4-12(17)13(18)9-11/h3-4,9-10H,2,5-8H2,1H3. The molecule has 3 rings (SSSR count). The molecule has 0 aliphatic carbocycles. The van der Waals surface area contributed by atoms with Crippen LogP contribution in [0.1, 0.15) is 17.4 Å². The highest BCUT2D eigenvalue weighted by Crippen LogP contribution is 2.23. The largest absolute Gasteiger partial charge is 0.355 e. The summed E-state index contributed by atoms with van der Waals surface area (Å²) in [6.45, 7) is 5.99. The number of carbonyl (C=O) groups excluding carboxylic acids is 1. The summed E-state index contributed by atoms with van der Waals surface area (Å²) in [5, 5.41) is 3.76. The van der Waals surface area contributed by atoms with E-state index in [-0.39, 0.29) is 17.4 Å². The number of nitrogens with zero attached hydrogens (tertiary/aromatic N) is 3. The van der Waals surface area contributed by atoms with Crippen molar-refractivity contribution in [2.45, 2.75) is 6.92 Å². The molecule has 2 aromatic rings. The van der Waals surface area contributed by atoms with Crippen LogP contribution in [-0.2, 0) is 0 Å². The minimum atomic E-state index is -0.970. The fourth-order valence-corrected chi connectivity index (χ4v) is 2.59. The molecule has 0 bridgehead atoms. The highest BCUT2D eigenvalue weighted by atomic mass is 19.2. The average Bonchev–Trinajstić information content (AvgIpc) is 3.07. The number of amides is 1. The van der Waals surface area contributed by atoms with Gasteiger partial charge in [0.1, 0.15) is 0 Å². The lowest BCUT2D eigenvalue weighted by molar-refractivity contribution is 0.0633. The minimum Gasteiger partial charge on any atom is -0.355 e. The van der Waals surface area contributed by atoms with Crippen LogP contribution in [-0.4, -0.2) is 53.6 Å². The number of aromatic nitrogens is 1. The van der Waals surface area contributed by atoms with Gasteiger partial charge in [0.05, 0.1) is 0 Å². The third-order valence-electron chi connectivity index (χ3n) is 4.04. The number of piperazine rings is 1. The monoisotopic (exact) mass is 321 g/mol. The summed E-state index contributed by atoms with van der Waals surface area (Å²) < 4.78 is 31.3. The van der Waals surface area contributed by atoms with Crippen molar-refractivity contribution in [1.29, 1.82) is 0 Å². The third kappa shape index (κ3) is 3.24. The van der Waals surface area contributed by atoms with E-state index in [4.69, 9.17) is 4.52 Å². The molecule has 1 aromatic heterocycles. The first kappa shape index (κ1) is 15.6. The van der Waals surface area contributed by atoms with Crippen LogP contribution in [0.15, 0.2) is 28.8 Å². The molecule has 0 spiro atoms. The molecule has 122 valence electrons. The lowest BCUT2D eigenvalue weighted by Gasteiger charge is -2.33. The van der Waals surface area contributed by atoms with Gasteiger partial charge < -0.3 is 14.3 Å². The summed E-state index contributed by atoms with van der Waals surface area (Å²) in [6, 6.07) is 4.87. The second-order valence-electron chi connectivity index (χ2n) is 5.43. The molecule has 5 nitrogen and oxygen atoms in total. The van der Waals surface area contributed by atoms with Crippen molar-refractivity contribution in [1.82, 2.24) is 15.0 Å². The van der Waals surface area contributed by atoms with Crippen molar-refractivity contribution in [3.05, 3.63) is 41.6 Å². The Morgan fingerprint density at radius 2 is 1.91 bits per heavy atom. The Labute approximate surface area is 132 Å². The molecular weight excluding hydrogens is 304 g/mol. The lowest BCUT2D eigenvalue weighted by atomic mass is 10.1. The topological polar surface area (TPSA) is 49.6 Å². The molecule has 1 fully saturated rings. The number of benzene rings is 1. The van der Waals surface area contributed by atoms with Gasteiger partial charge in [0.2, 0.25) is 0 Å². The van der Waals surface area contributed by atoms with Gasteiger partial charge in [0, 0.05) is 37.8 Å². The molecule has 1 aliphatic heterocycles. The van der Waals surface area contributed by atoms with E-state index in [9.17, 15) is 13.6 Å². The summed E-state index contributed by atoms with van der Waals surface area (Å²) in [5.41, 5.74) is 0.515. The molecule has 2 heterocycles. The Morgan fingerprint density at radius 1 is 1.17 bits per heavy atom. The molecule has 1 amide bonds. The zero-order chi connectivity index (χ0) is 16.4. The van der Waals surface area contributed by atoms with Crippen molar-refractivity contribution in [2.24, 2.45) is 0 Å². The van der Waals surface area contributed by atoms with Crippen LogP contribution in [0.5, 0.6) is 0 Å². The van der Waals surface area contributed by atoms with Crippen molar-refractivity contribution < 1.29 is 18.1 Å². The second kappa shape index (κ2) is 6.45. The van der Waals surface area contributed by atoms with E-state index < -0.39 is 11.6 Å². The van der Waals surface area contributed by atoms with E-state index in [1.807, 2.05) is 0 Å². The van der Waals surface area contributed by atoms with Crippen LogP contribution in [0.3, 0.4) is 0 Å². The highest BCUT2D eigenvalue weighted by molar-refractivity contribution is 5.93. The Kier molecular flexibility index (Phi) is 4.38. The van der Waals surface area contributed by atoms with E-state index in [1.165, 1.54) is 12.1 Å². The number of likely N-dealkylation sites (N-methyl/N-ethyl adjacent to an activating group) is 1. The van der Waals surface area contributed by atoms with Crippen molar-refractivity contribution in [3.63, 3.8) is 0 Å². The minimum absolute atomic E-state index is 0.176. The van der Waals surface area contributed by atoms with E-state index in [0.717, 1.165) is 31.8 Å². The maximum Gasteiger partial charge on any atom is 0.276 e. The zero-order valence-electron chi connectivity index (χ0n) is 12.8. The van der Waals surface area contributed by atoms with Gasteiger partial charge in [-0.15, -0.1) is 0 Å². The van der Waals surface area contributed by atoms with E-state index in [2.05, 4.69) is 17.0 Å². The maximum atomic E-state index is 13.3. The average molecular weight is 321 g/mol. The first-order valence-electron chi connectivity index (χ1n) is 7.52. The van der Waals surface area contributed by atoms with E-state index >= 15 is 0 Å². The van der Waals surface area contributed by atoms with Crippen molar-refractivity contribution in [3.8, 4) is 11.3 Å². The Morgan fingerprint density at radius 3 is 2.57 bits per heavy atom. The maximum absolute atomic E-state index is 13.3.